The summed E-state index contributed by atoms with van der Waals surface area (Å²) in [7, 11) is 0. The molecule has 3 heteroatoms. The van der Waals surface area contributed by atoms with Gasteiger partial charge in [0, 0.05) is 11.5 Å². The molecule has 1 aromatic rings. The van der Waals surface area contributed by atoms with Gasteiger partial charge in [-0.15, -0.1) is 0 Å². The Hall–Kier alpha value is -0.930. The highest BCUT2D eigenvalue weighted by atomic mass is 19.1. The fraction of sp³-hybridized carbons (Fsp3) is 0.750. The van der Waals surface area contributed by atoms with Crippen molar-refractivity contribution in [3.05, 3.63) is 35.1 Å². The summed E-state index contributed by atoms with van der Waals surface area (Å²) in [5.41, 5.74) is 1.59. The van der Waals surface area contributed by atoms with Gasteiger partial charge in [0.15, 0.2) is 6.29 Å². The van der Waals surface area contributed by atoms with Crippen molar-refractivity contribution in [3.63, 3.8) is 0 Å². The normalized spacial score (nSPS) is 29.0. The molecule has 2 fully saturated rings. The third kappa shape index (κ3) is 5.77. The van der Waals surface area contributed by atoms with Crippen LogP contribution in [0.4, 0.5) is 4.39 Å². The Kier molecular flexibility index (Phi) is 8.14. The van der Waals surface area contributed by atoms with E-state index in [1.807, 2.05) is 12.1 Å². The third-order valence-corrected chi connectivity index (χ3v) is 6.57. The molecule has 3 rings (SSSR count). The molecular weight excluding hydrogens is 339 g/mol. The average molecular weight is 377 g/mol. The molecule has 0 amide bonds. The van der Waals surface area contributed by atoms with E-state index in [0.717, 1.165) is 49.0 Å². The number of benzene rings is 1. The van der Waals surface area contributed by atoms with E-state index < -0.39 is 6.29 Å². The first-order valence-corrected chi connectivity index (χ1v) is 11.2. The van der Waals surface area contributed by atoms with Crippen molar-refractivity contribution in [2.45, 2.75) is 84.3 Å². The molecule has 1 heterocycles. The molecule has 1 saturated heterocycles. The summed E-state index contributed by atoms with van der Waals surface area (Å²) >= 11 is 0. The number of rotatable bonds is 8. The Morgan fingerprint density at radius 3 is 2.30 bits per heavy atom. The largest absolute Gasteiger partial charge is 0.348 e. The number of halogens is 1. The molecule has 0 spiro atoms. The predicted molar refractivity (Wildman–Crippen MR) is 108 cm³/mol. The second-order valence-corrected chi connectivity index (χ2v) is 8.64. The smallest absolute Gasteiger partial charge is 0.183 e. The first kappa shape index (κ1) is 20.8. The molecular formula is C24H37FO2. The molecule has 0 aromatic heterocycles. The summed E-state index contributed by atoms with van der Waals surface area (Å²) in [5.74, 6) is 2.04. The topological polar surface area (TPSA) is 18.5 Å². The van der Waals surface area contributed by atoms with Crippen molar-refractivity contribution in [3.8, 4) is 0 Å². The maximum atomic E-state index is 14.2. The van der Waals surface area contributed by atoms with Crippen molar-refractivity contribution < 1.29 is 13.9 Å². The number of ether oxygens (including phenoxy) is 2. The van der Waals surface area contributed by atoms with Gasteiger partial charge in [-0.05, 0) is 42.7 Å². The Morgan fingerprint density at radius 2 is 1.67 bits per heavy atom. The van der Waals surface area contributed by atoms with Crippen LogP contribution in [0.5, 0.6) is 0 Å². The SMILES string of the molecule is CCCCCC1CCC(C2COC(c3ccc(CCC)c(F)c3)OC2)CC1. The Bertz CT molecular complexity index is 557. The van der Waals surface area contributed by atoms with Crippen LogP contribution < -0.4 is 0 Å². The molecule has 27 heavy (non-hydrogen) atoms. The van der Waals surface area contributed by atoms with Crippen molar-refractivity contribution >= 4 is 0 Å². The van der Waals surface area contributed by atoms with Gasteiger partial charge in [-0.1, -0.05) is 70.9 Å². The van der Waals surface area contributed by atoms with Gasteiger partial charge in [-0.25, -0.2) is 4.39 Å². The zero-order chi connectivity index (χ0) is 19.1. The summed E-state index contributed by atoms with van der Waals surface area (Å²) in [5, 5.41) is 0. The van der Waals surface area contributed by atoms with Gasteiger partial charge in [0.05, 0.1) is 13.2 Å². The van der Waals surface area contributed by atoms with Gasteiger partial charge < -0.3 is 9.47 Å². The van der Waals surface area contributed by atoms with E-state index in [4.69, 9.17) is 9.47 Å². The minimum Gasteiger partial charge on any atom is -0.348 e. The van der Waals surface area contributed by atoms with Gasteiger partial charge in [0.1, 0.15) is 5.82 Å². The number of hydrogen-bond donors (Lipinski definition) is 0. The van der Waals surface area contributed by atoms with Crippen molar-refractivity contribution in [1.82, 2.24) is 0 Å². The Labute approximate surface area is 164 Å². The lowest BCUT2D eigenvalue weighted by Crippen LogP contribution is -2.34. The fourth-order valence-corrected chi connectivity index (χ4v) is 4.80. The van der Waals surface area contributed by atoms with Crippen molar-refractivity contribution in [2.75, 3.05) is 13.2 Å². The molecule has 152 valence electrons. The number of hydrogen-bond acceptors (Lipinski definition) is 2. The first-order chi connectivity index (χ1) is 13.2. The molecule has 1 aliphatic heterocycles. The van der Waals surface area contributed by atoms with Crippen molar-refractivity contribution in [2.24, 2.45) is 17.8 Å². The molecule has 0 unspecified atom stereocenters. The standard InChI is InChI=1S/C24H37FO2/c1-3-5-6-8-18-9-11-19(12-10-18)22-16-26-24(27-17-22)21-14-13-20(7-4-2)23(25)15-21/h13-15,18-19,22,24H,3-12,16-17H2,1-2H3. The maximum Gasteiger partial charge on any atom is 0.183 e. The number of unbranched alkanes of at least 4 members (excludes halogenated alkanes) is 2. The molecule has 1 aliphatic carbocycles. The first-order valence-electron chi connectivity index (χ1n) is 11.2. The van der Waals surface area contributed by atoms with Crippen LogP contribution in [-0.4, -0.2) is 13.2 Å². The molecule has 1 aromatic carbocycles. The molecule has 0 radical (unpaired) electrons. The predicted octanol–water partition coefficient (Wildman–Crippen LogP) is 6.83. The van der Waals surface area contributed by atoms with E-state index in [9.17, 15) is 4.39 Å². The summed E-state index contributed by atoms with van der Waals surface area (Å²) in [4.78, 5) is 0. The average Bonchev–Trinajstić information content (AvgIpc) is 2.71. The lowest BCUT2D eigenvalue weighted by Gasteiger charge is -2.38. The van der Waals surface area contributed by atoms with Gasteiger partial charge in [0.25, 0.3) is 0 Å². The van der Waals surface area contributed by atoms with Crippen molar-refractivity contribution in [1.29, 1.82) is 0 Å². The fourth-order valence-electron chi connectivity index (χ4n) is 4.80. The van der Waals surface area contributed by atoms with Gasteiger partial charge in [-0.2, -0.15) is 0 Å². The quantitative estimate of drug-likeness (QED) is 0.463. The Morgan fingerprint density at radius 1 is 0.926 bits per heavy atom. The van der Waals surface area contributed by atoms with Crippen LogP contribution in [0.2, 0.25) is 0 Å². The summed E-state index contributed by atoms with van der Waals surface area (Å²) in [6.07, 6.45) is 12.2. The summed E-state index contributed by atoms with van der Waals surface area (Å²) in [6, 6.07) is 5.44. The molecule has 2 nitrogen and oxygen atoms in total. The molecule has 0 atom stereocenters. The van der Waals surface area contributed by atoms with Crippen LogP contribution in [0.3, 0.4) is 0 Å². The molecule has 1 saturated carbocycles. The maximum absolute atomic E-state index is 14.2. The lowest BCUT2D eigenvalue weighted by molar-refractivity contribution is -0.214. The van der Waals surface area contributed by atoms with E-state index in [2.05, 4.69) is 13.8 Å². The van der Waals surface area contributed by atoms with E-state index in [0.29, 0.717) is 5.92 Å². The van der Waals surface area contributed by atoms with E-state index in [1.165, 1.54) is 51.4 Å². The lowest BCUT2D eigenvalue weighted by atomic mass is 9.74. The molecule has 0 bridgehead atoms. The van der Waals surface area contributed by atoms with Gasteiger partial charge >= 0.3 is 0 Å². The highest BCUT2D eigenvalue weighted by Crippen LogP contribution is 2.38. The highest BCUT2D eigenvalue weighted by Gasteiger charge is 2.32. The second-order valence-electron chi connectivity index (χ2n) is 8.64. The van der Waals surface area contributed by atoms with Gasteiger partial charge in [0.2, 0.25) is 0 Å². The van der Waals surface area contributed by atoms with Gasteiger partial charge in [-0.3, -0.25) is 0 Å². The van der Waals surface area contributed by atoms with Crippen LogP contribution in [0, 0.1) is 23.6 Å². The monoisotopic (exact) mass is 376 g/mol. The summed E-state index contributed by atoms with van der Waals surface area (Å²) in [6.45, 7) is 5.84. The molecule has 0 N–H and O–H groups in total. The minimum atomic E-state index is -0.406. The Balaban J connectivity index is 1.43. The zero-order valence-electron chi connectivity index (χ0n) is 17.2. The zero-order valence-corrected chi connectivity index (χ0v) is 17.2. The summed E-state index contributed by atoms with van der Waals surface area (Å²) < 4.78 is 26.2. The third-order valence-electron chi connectivity index (χ3n) is 6.57. The van der Waals surface area contributed by atoms with Crippen LogP contribution >= 0.6 is 0 Å². The second kappa shape index (κ2) is 10.6. The molecule has 2 aliphatic rings. The number of aryl methyl sites for hydroxylation is 1. The van der Waals surface area contributed by atoms with E-state index in [-0.39, 0.29) is 5.82 Å². The minimum absolute atomic E-state index is 0.134. The van der Waals surface area contributed by atoms with Crippen LogP contribution in [0.15, 0.2) is 18.2 Å². The van der Waals surface area contributed by atoms with E-state index in [1.54, 1.807) is 6.07 Å². The van der Waals surface area contributed by atoms with E-state index >= 15 is 0 Å². The highest BCUT2D eigenvalue weighted by molar-refractivity contribution is 5.25. The van der Waals surface area contributed by atoms with Crippen LogP contribution in [0.1, 0.15) is 89.1 Å². The van der Waals surface area contributed by atoms with Crippen LogP contribution in [-0.2, 0) is 15.9 Å². The van der Waals surface area contributed by atoms with Crippen LogP contribution in [0.25, 0.3) is 0 Å².